The van der Waals surface area contributed by atoms with Gasteiger partial charge in [-0.1, -0.05) is 6.92 Å². The average molecular weight is 180 g/mol. The Balaban J connectivity index is 4.45. The summed E-state index contributed by atoms with van der Waals surface area (Å²) < 4.78 is 20.7. The second kappa shape index (κ2) is 4.65. The van der Waals surface area contributed by atoms with Crippen LogP contribution >= 0.6 is 7.60 Å². The largest absolute Gasteiger partial charge is 0.340 e. The summed E-state index contributed by atoms with van der Waals surface area (Å²) in [5.41, 5.74) is -0.641. The summed E-state index contributed by atoms with van der Waals surface area (Å²) in [6, 6.07) is 0. The molecule has 1 unspecified atom stereocenters. The fraction of sp³-hybridized carbons (Fsp3) is 0.833. The highest BCUT2D eigenvalue weighted by Gasteiger charge is 2.31. The van der Waals surface area contributed by atoms with Crippen LogP contribution < -0.4 is 0 Å². The van der Waals surface area contributed by atoms with Crippen LogP contribution in [0.4, 0.5) is 0 Å². The third-order valence-corrected chi connectivity index (χ3v) is 3.81. The van der Waals surface area contributed by atoms with Crippen LogP contribution in [-0.4, -0.2) is 26.2 Å². The van der Waals surface area contributed by atoms with E-state index < -0.39 is 13.3 Å². The van der Waals surface area contributed by atoms with Crippen molar-refractivity contribution >= 4 is 13.9 Å². The molecule has 0 aromatic rings. The third kappa shape index (κ3) is 2.40. The Morgan fingerprint density at radius 2 is 1.91 bits per heavy atom. The van der Waals surface area contributed by atoms with Crippen molar-refractivity contribution in [3.63, 3.8) is 0 Å². The minimum atomic E-state index is -3.16. The molecule has 0 aromatic carbocycles. The zero-order chi connectivity index (χ0) is 8.91. The van der Waals surface area contributed by atoms with Gasteiger partial charge in [-0.25, -0.2) is 0 Å². The second-order valence-electron chi connectivity index (χ2n) is 2.02. The monoisotopic (exact) mass is 180 g/mol. The Bertz CT molecular complexity index is 160. The molecule has 0 aliphatic rings. The minimum Gasteiger partial charge on any atom is -0.311 e. The smallest absolute Gasteiger partial charge is 0.311 e. The SMILES string of the molecule is CCC(C=O)P(=O)(OC)OC. The summed E-state index contributed by atoms with van der Waals surface area (Å²) in [7, 11) is -0.611. The molecule has 0 aliphatic carbocycles. The van der Waals surface area contributed by atoms with Crippen LogP contribution in [0, 0.1) is 0 Å². The molecule has 4 nitrogen and oxygen atoms in total. The van der Waals surface area contributed by atoms with E-state index in [0.717, 1.165) is 0 Å². The van der Waals surface area contributed by atoms with E-state index in [9.17, 15) is 9.36 Å². The third-order valence-electron chi connectivity index (χ3n) is 1.49. The average Bonchev–Trinajstić information content (AvgIpc) is 2.06. The predicted molar refractivity (Wildman–Crippen MR) is 41.8 cm³/mol. The van der Waals surface area contributed by atoms with Gasteiger partial charge in [-0.2, -0.15) is 0 Å². The first kappa shape index (κ1) is 10.8. The highest BCUT2D eigenvalue weighted by Crippen LogP contribution is 2.51. The van der Waals surface area contributed by atoms with Crippen molar-refractivity contribution in [3.8, 4) is 0 Å². The molecule has 0 aromatic heterocycles. The van der Waals surface area contributed by atoms with Crippen molar-refractivity contribution in [2.75, 3.05) is 14.2 Å². The Morgan fingerprint density at radius 1 is 1.45 bits per heavy atom. The van der Waals surface area contributed by atoms with Gasteiger partial charge in [0.25, 0.3) is 0 Å². The van der Waals surface area contributed by atoms with Gasteiger partial charge in [-0.05, 0) is 6.42 Å². The number of rotatable bonds is 5. The maximum Gasteiger partial charge on any atom is 0.340 e. The van der Waals surface area contributed by atoms with E-state index in [1.807, 2.05) is 0 Å². The van der Waals surface area contributed by atoms with Gasteiger partial charge in [-0.3, -0.25) is 4.57 Å². The number of hydrogen-bond acceptors (Lipinski definition) is 4. The Labute approximate surface area is 66.4 Å². The minimum absolute atomic E-state index is 0.461. The van der Waals surface area contributed by atoms with Crippen LogP contribution in [-0.2, 0) is 18.4 Å². The molecule has 5 heteroatoms. The summed E-state index contributed by atoms with van der Waals surface area (Å²) in [5.74, 6) is 0. The van der Waals surface area contributed by atoms with Gasteiger partial charge in [0, 0.05) is 14.2 Å². The first-order chi connectivity index (χ1) is 5.14. The lowest BCUT2D eigenvalue weighted by molar-refractivity contribution is -0.107. The van der Waals surface area contributed by atoms with Gasteiger partial charge >= 0.3 is 7.60 Å². The molecule has 0 rings (SSSR count). The lowest BCUT2D eigenvalue weighted by Crippen LogP contribution is -2.11. The first-order valence-electron chi connectivity index (χ1n) is 3.31. The summed E-state index contributed by atoms with van der Waals surface area (Å²) >= 11 is 0. The standard InChI is InChI=1S/C6H13O4P/c1-4-6(5-7)11(8,9-2)10-3/h5-6H,4H2,1-3H3. The van der Waals surface area contributed by atoms with Gasteiger partial charge < -0.3 is 13.8 Å². The van der Waals surface area contributed by atoms with Gasteiger partial charge in [0.1, 0.15) is 11.9 Å². The fourth-order valence-corrected chi connectivity index (χ4v) is 2.03. The number of carbonyl (C=O) groups excluding carboxylic acids is 1. The molecule has 0 saturated carbocycles. The molecule has 1 atom stereocenters. The van der Waals surface area contributed by atoms with Gasteiger partial charge in [-0.15, -0.1) is 0 Å². The normalized spacial score (nSPS) is 14.5. The van der Waals surface area contributed by atoms with E-state index >= 15 is 0 Å². The van der Waals surface area contributed by atoms with Gasteiger partial charge in [0.05, 0.1) is 0 Å². The maximum atomic E-state index is 11.4. The molecular formula is C6H13O4P. The molecule has 0 aliphatic heterocycles. The molecule has 0 saturated heterocycles. The van der Waals surface area contributed by atoms with Crippen LogP contribution in [0.25, 0.3) is 0 Å². The number of aldehydes is 1. The van der Waals surface area contributed by atoms with E-state index in [2.05, 4.69) is 9.05 Å². The van der Waals surface area contributed by atoms with E-state index in [1.54, 1.807) is 6.92 Å². The molecule has 0 radical (unpaired) electrons. The highest BCUT2D eigenvalue weighted by atomic mass is 31.2. The number of carbonyl (C=O) groups is 1. The molecule has 0 fully saturated rings. The van der Waals surface area contributed by atoms with E-state index in [4.69, 9.17) is 0 Å². The zero-order valence-electron chi connectivity index (χ0n) is 6.94. The van der Waals surface area contributed by atoms with Gasteiger partial charge in [0.2, 0.25) is 0 Å². The lowest BCUT2D eigenvalue weighted by atomic mass is 10.4. The van der Waals surface area contributed by atoms with E-state index in [0.29, 0.717) is 12.7 Å². The van der Waals surface area contributed by atoms with Crippen LogP contribution in [0.15, 0.2) is 0 Å². The maximum absolute atomic E-state index is 11.4. The van der Waals surface area contributed by atoms with Gasteiger partial charge in [0.15, 0.2) is 0 Å². The molecule has 0 amide bonds. The van der Waals surface area contributed by atoms with Crippen molar-refractivity contribution in [1.82, 2.24) is 0 Å². The van der Waals surface area contributed by atoms with E-state index in [-0.39, 0.29) is 0 Å². The Morgan fingerprint density at radius 3 is 2.00 bits per heavy atom. The Kier molecular flexibility index (Phi) is 4.57. The van der Waals surface area contributed by atoms with Crippen molar-refractivity contribution < 1.29 is 18.4 Å². The molecule has 66 valence electrons. The quantitative estimate of drug-likeness (QED) is 0.474. The first-order valence-corrected chi connectivity index (χ1v) is 4.92. The fourth-order valence-electron chi connectivity index (χ4n) is 0.740. The van der Waals surface area contributed by atoms with Crippen molar-refractivity contribution in [2.45, 2.75) is 19.0 Å². The summed E-state index contributed by atoms with van der Waals surface area (Å²) in [6.45, 7) is 1.75. The topological polar surface area (TPSA) is 52.6 Å². The second-order valence-corrected chi connectivity index (χ2v) is 4.49. The highest BCUT2D eigenvalue weighted by molar-refractivity contribution is 7.55. The molecule has 0 bridgehead atoms. The van der Waals surface area contributed by atoms with Crippen LogP contribution in [0.1, 0.15) is 13.3 Å². The molecule has 0 N–H and O–H groups in total. The van der Waals surface area contributed by atoms with Crippen molar-refractivity contribution in [3.05, 3.63) is 0 Å². The zero-order valence-corrected chi connectivity index (χ0v) is 7.84. The van der Waals surface area contributed by atoms with E-state index in [1.165, 1.54) is 14.2 Å². The van der Waals surface area contributed by atoms with Crippen molar-refractivity contribution in [1.29, 1.82) is 0 Å². The summed E-state index contributed by atoms with van der Waals surface area (Å²) in [6.07, 6.45) is 1.07. The summed E-state index contributed by atoms with van der Waals surface area (Å²) in [4.78, 5) is 10.4. The molecule has 0 heterocycles. The number of hydrogen-bond donors (Lipinski definition) is 0. The predicted octanol–water partition coefficient (Wildman–Crippen LogP) is 1.45. The van der Waals surface area contributed by atoms with Crippen molar-refractivity contribution in [2.24, 2.45) is 0 Å². The van der Waals surface area contributed by atoms with Crippen LogP contribution in [0.3, 0.4) is 0 Å². The molecular weight excluding hydrogens is 167 g/mol. The Hall–Kier alpha value is -0.180. The molecule has 11 heavy (non-hydrogen) atoms. The van der Waals surface area contributed by atoms with Crippen LogP contribution in [0.5, 0.6) is 0 Å². The molecule has 0 spiro atoms. The summed E-state index contributed by atoms with van der Waals surface area (Å²) in [5, 5.41) is 0. The lowest BCUT2D eigenvalue weighted by Gasteiger charge is -2.17. The van der Waals surface area contributed by atoms with Crippen LogP contribution in [0.2, 0.25) is 0 Å².